The zero-order chi connectivity index (χ0) is 11.7. The lowest BCUT2D eigenvalue weighted by atomic mass is 10.4. The molecule has 1 N–H and O–H groups in total. The molecular formula is C11H12BrN5. The molecule has 0 aromatic carbocycles. The van der Waals surface area contributed by atoms with Crippen LogP contribution in [0.25, 0.3) is 5.69 Å². The molecule has 0 saturated heterocycles. The minimum Gasteiger partial charge on any atom is -0.308 e. The van der Waals surface area contributed by atoms with E-state index >= 15 is 0 Å². The second-order valence-corrected chi connectivity index (χ2v) is 5.07. The van der Waals surface area contributed by atoms with E-state index in [0.29, 0.717) is 6.04 Å². The molecule has 0 unspecified atom stereocenters. The molecule has 17 heavy (non-hydrogen) atoms. The second kappa shape index (κ2) is 4.54. The van der Waals surface area contributed by atoms with Crippen LogP contribution in [0.15, 0.2) is 29.1 Å². The third kappa shape index (κ3) is 2.53. The van der Waals surface area contributed by atoms with Crippen LogP contribution in [0.1, 0.15) is 18.5 Å². The molecule has 0 radical (unpaired) electrons. The summed E-state index contributed by atoms with van der Waals surface area (Å²) in [5.41, 5.74) is 1.97. The largest absolute Gasteiger partial charge is 0.308 e. The first kappa shape index (κ1) is 10.9. The Bertz CT molecular complexity index is 520. The summed E-state index contributed by atoms with van der Waals surface area (Å²) in [5.74, 6) is 0. The summed E-state index contributed by atoms with van der Waals surface area (Å²) in [7, 11) is 0. The first-order valence-electron chi connectivity index (χ1n) is 5.57. The molecule has 2 aromatic rings. The lowest BCUT2D eigenvalue weighted by molar-refractivity contribution is 0.646. The van der Waals surface area contributed by atoms with Crippen molar-refractivity contribution in [2.24, 2.45) is 0 Å². The predicted molar refractivity (Wildman–Crippen MR) is 66.7 cm³/mol. The van der Waals surface area contributed by atoms with Gasteiger partial charge < -0.3 is 5.32 Å². The number of aromatic nitrogens is 4. The fourth-order valence-electron chi connectivity index (χ4n) is 1.65. The van der Waals surface area contributed by atoms with Crippen molar-refractivity contribution in [3.63, 3.8) is 0 Å². The quantitative estimate of drug-likeness (QED) is 0.932. The summed E-state index contributed by atoms with van der Waals surface area (Å²) in [5, 5.41) is 11.5. The van der Waals surface area contributed by atoms with Gasteiger partial charge in [-0.1, -0.05) is 5.21 Å². The summed E-state index contributed by atoms with van der Waals surface area (Å²) in [6.45, 7) is 0.796. The molecule has 88 valence electrons. The Labute approximate surface area is 107 Å². The highest BCUT2D eigenvalue weighted by atomic mass is 79.9. The van der Waals surface area contributed by atoms with E-state index in [1.54, 1.807) is 18.6 Å². The standard InChI is InChI=1S/C11H12BrN5/c12-8-3-10(5-13-4-8)17-11(7-15-16-17)6-14-9-1-2-9/h3-5,7,9,14H,1-2,6H2. The van der Waals surface area contributed by atoms with Crippen molar-refractivity contribution in [3.05, 3.63) is 34.8 Å². The van der Waals surface area contributed by atoms with Gasteiger partial charge in [0.15, 0.2) is 0 Å². The zero-order valence-corrected chi connectivity index (χ0v) is 10.8. The number of pyridine rings is 1. The highest BCUT2D eigenvalue weighted by molar-refractivity contribution is 9.10. The van der Waals surface area contributed by atoms with E-state index in [1.807, 2.05) is 10.7 Å². The number of halogens is 1. The highest BCUT2D eigenvalue weighted by Crippen LogP contribution is 2.20. The molecule has 1 fully saturated rings. The molecule has 0 aliphatic heterocycles. The number of rotatable bonds is 4. The highest BCUT2D eigenvalue weighted by Gasteiger charge is 2.20. The van der Waals surface area contributed by atoms with Crippen molar-refractivity contribution in [1.82, 2.24) is 25.3 Å². The van der Waals surface area contributed by atoms with Crippen molar-refractivity contribution in [2.75, 3.05) is 0 Å². The Balaban J connectivity index is 1.83. The first-order chi connectivity index (χ1) is 8.33. The molecule has 0 amide bonds. The maximum atomic E-state index is 4.13. The minimum atomic E-state index is 0.680. The average Bonchev–Trinajstić information content (AvgIpc) is 3.04. The van der Waals surface area contributed by atoms with Gasteiger partial charge in [0.1, 0.15) is 0 Å². The van der Waals surface area contributed by atoms with E-state index in [0.717, 1.165) is 22.4 Å². The molecule has 5 nitrogen and oxygen atoms in total. The van der Waals surface area contributed by atoms with Gasteiger partial charge in [0.25, 0.3) is 0 Å². The van der Waals surface area contributed by atoms with Gasteiger partial charge in [0.05, 0.1) is 23.8 Å². The zero-order valence-electron chi connectivity index (χ0n) is 9.17. The Kier molecular flexibility index (Phi) is 2.90. The van der Waals surface area contributed by atoms with Gasteiger partial charge in [-0.3, -0.25) is 4.98 Å². The van der Waals surface area contributed by atoms with Crippen LogP contribution >= 0.6 is 15.9 Å². The third-order valence-electron chi connectivity index (χ3n) is 2.70. The average molecular weight is 294 g/mol. The van der Waals surface area contributed by atoms with Crippen molar-refractivity contribution in [2.45, 2.75) is 25.4 Å². The second-order valence-electron chi connectivity index (χ2n) is 4.15. The maximum Gasteiger partial charge on any atom is 0.0861 e. The van der Waals surface area contributed by atoms with Gasteiger partial charge in [0.2, 0.25) is 0 Å². The molecule has 0 bridgehead atoms. The van der Waals surface area contributed by atoms with Crippen LogP contribution in [-0.4, -0.2) is 26.0 Å². The van der Waals surface area contributed by atoms with Crippen LogP contribution in [-0.2, 0) is 6.54 Å². The van der Waals surface area contributed by atoms with Crippen molar-refractivity contribution in [3.8, 4) is 5.69 Å². The molecule has 2 heterocycles. The summed E-state index contributed by atoms with van der Waals surface area (Å²) < 4.78 is 2.75. The minimum absolute atomic E-state index is 0.680. The van der Waals surface area contributed by atoms with Gasteiger partial charge in [-0.15, -0.1) is 5.10 Å². The van der Waals surface area contributed by atoms with E-state index in [1.165, 1.54) is 12.8 Å². The molecule has 2 aromatic heterocycles. The lowest BCUT2D eigenvalue weighted by Gasteiger charge is -2.06. The summed E-state index contributed by atoms with van der Waals surface area (Å²) in [6.07, 6.45) is 7.87. The van der Waals surface area contributed by atoms with Crippen molar-refractivity contribution < 1.29 is 0 Å². The van der Waals surface area contributed by atoms with E-state index < -0.39 is 0 Å². The molecule has 1 aliphatic carbocycles. The van der Waals surface area contributed by atoms with Gasteiger partial charge in [-0.2, -0.15) is 0 Å². The van der Waals surface area contributed by atoms with Gasteiger partial charge in [-0.05, 0) is 34.8 Å². The lowest BCUT2D eigenvalue weighted by Crippen LogP contribution is -2.18. The number of hydrogen-bond donors (Lipinski definition) is 1. The summed E-state index contributed by atoms with van der Waals surface area (Å²) >= 11 is 3.40. The number of nitrogens with zero attached hydrogens (tertiary/aromatic N) is 4. The van der Waals surface area contributed by atoms with Crippen LogP contribution in [0.4, 0.5) is 0 Å². The Morgan fingerprint density at radius 2 is 2.24 bits per heavy atom. The molecule has 6 heteroatoms. The Morgan fingerprint density at radius 1 is 1.35 bits per heavy atom. The van der Waals surface area contributed by atoms with Gasteiger partial charge >= 0.3 is 0 Å². The smallest absolute Gasteiger partial charge is 0.0861 e. The van der Waals surface area contributed by atoms with Crippen molar-refractivity contribution in [1.29, 1.82) is 0 Å². The van der Waals surface area contributed by atoms with Gasteiger partial charge in [-0.25, -0.2) is 4.68 Å². The normalized spacial score (nSPS) is 15.1. The van der Waals surface area contributed by atoms with Crippen LogP contribution in [0, 0.1) is 0 Å². The fourth-order valence-corrected chi connectivity index (χ4v) is 2.00. The van der Waals surface area contributed by atoms with Crippen LogP contribution in [0.2, 0.25) is 0 Å². The van der Waals surface area contributed by atoms with E-state index in [2.05, 4.69) is 36.5 Å². The molecule has 3 rings (SSSR count). The number of hydrogen-bond acceptors (Lipinski definition) is 4. The van der Waals surface area contributed by atoms with E-state index in [-0.39, 0.29) is 0 Å². The van der Waals surface area contributed by atoms with Crippen molar-refractivity contribution >= 4 is 15.9 Å². The molecular weight excluding hydrogens is 282 g/mol. The maximum absolute atomic E-state index is 4.13. The monoisotopic (exact) mass is 293 g/mol. The topological polar surface area (TPSA) is 55.6 Å². The first-order valence-corrected chi connectivity index (χ1v) is 6.36. The molecule has 1 saturated carbocycles. The Hall–Kier alpha value is -1.27. The van der Waals surface area contributed by atoms with Crippen LogP contribution in [0.3, 0.4) is 0 Å². The molecule has 0 spiro atoms. The van der Waals surface area contributed by atoms with Crippen LogP contribution in [0.5, 0.6) is 0 Å². The number of nitrogens with one attached hydrogen (secondary N) is 1. The fraction of sp³-hybridized carbons (Fsp3) is 0.364. The van der Waals surface area contributed by atoms with E-state index in [4.69, 9.17) is 0 Å². The Morgan fingerprint density at radius 3 is 3.00 bits per heavy atom. The molecule has 1 aliphatic rings. The van der Waals surface area contributed by atoms with E-state index in [9.17, 15) is 0 Å². The third-order valence-corrected chi connectivity index (χ3v) is 3.14. The predicted octanol–water partition coefficient (Wildman–Crippen LogP) is 1.68. The van der Waals surface area contributed by atoms with Crippen LogP contribution < -0.4 is 5.32 Å². The summed E-state index contributed by atoms with van der Waals surface area (Å²) in [4.78, 5) is 4.13. The SMILES string of the molecule is Brc1cncc(-n2nncc2CNC2CC2)c1. The van der Waals surface area contributed by atoms with Gasteiger partial charge in [0, 0.05) is 23.3 Å². The molecule has 0 atom stereocenters. The summed E-state index contributed by atoms with van der Waals surface area (Å²) in [6, 6.07) is 2.65.